The van der Waals surface area contributed by atoms with E-state index in [0.29, 0.717) is 0 Å². The fraction of sp³-hybridized carbons (Fsp3) is 0.583. The summed E-state index contributed by atoms with van der Waals surface area (Å²) in [5, 5.41) is 6.95. The van der Waals surface area contributed by atoms with Gasteiger partial charge in [-0.05, 0) is 72.0 Å². The number of pyridine rings is 1. The van der Waals surface area contributed by atoms with Gasteiger partial charge in [0, 0.05) is 12.7 Å². The maximum atomic E-state index is 4.12. The third-order valence-corrected chi connectivity index (χ3v) is 3.39. The van der Waals surface area contributed by atoms with E-state index >= 15 is 0 Å². The highest BCUT2D eigenvalue weighted by Gasteiger charge is 2.11. The Kier molecular flexibility index (Phi) is 4.75. The van der Waals surface area contributed by atoms with Gasteiger partial charge >= 0.3 is 0 Å². The molecule has 1 aliphatic heterocycles. The molecule has 88 valence electrons. The summed E-state index contributed by atoms with van der Waals surface area (Å²) in [6, 6.07) is 4.11. The van der Waals surface area contributed by atoms with Gasteiger partial charge in [-0.15, -0.1) is 0 Å². The van der Waals surface area contributed by atoms with Crippen molar-refractivity contribution in [1.82, 2.24) is 15.6 Å². The molecule has 1 aliphatic rings. The van der Waals surface area contributed by atoms with Gasteiger partial charge in [0.2, 0.25) is 0 Å². The lowest BCUT2D eigenvalue weighted by Crippen LogP contribution is -2.35. The lowest BCUT2D eigenvalue weighted by Gasteiger charge is -2.22. The summed E-state index contributed by atoms with van der Waals surface area (Å²) in [5.74, 6) is 0.791. The second kappa shape index (κ2) is 6.33. The van der Waals surface area contributed by atoms with E-state index < -0.39 is 0 Å². The quantitative estimate of drug-likeness (QED) is 0.830. The molecule has 1 aromatic rings. The highest BCUT2D eigenvalue weighted by molar-refractivity contribution is 9.10. The molecule has 1 saturated heterocycles. The first kappa shape index (κ1) is 12.0. The Labute approximate surface area is 105 Å². The number of hydrogen-bond acceptors (Lipinski definition) is 3. The monoisotopic (exact) mass is 283 g/mol. The van der Waals surface area contributed by atoms with Gasteiger partial charge in [-0.2, -0.15) is 0 Å². The molecule has 0 aromatic carbocycles. The minimum atomic E-state index is 0.791. The van der Waals surface area contributed by atoms with Gasteiger partial charge in [0.15, 0.2) is 0 Å². The van der Waals surface area contributed by atoms with Crippen molar-refractivity contribution in [2.24, 2.45) is 5.92 Å². The Bertz CT molecular complexity index is 324. The van der Waals surface area contributed by atoms with Gasteiger partial charge in [0.1, 0.15) is 4.60 Å². The molecule has 2 rings (SSSR count). The maximum Gasteiger partial charge on any atom is 0.106 e. The van der Waals surface area contributed by atoms with Crippen LogP contribution < -0.4 is 10.6 Å². The molecular weight excluding hydrogens is 266 g/mol. The van der Waals surface area contributed by atoms with Crippen LogP contribution in [-0.2, 0) is 6.54 Å². The van der Waals surface area contributed by atoms with Crippen LogP contribution in [0.3, 0.4) is 0 Å². The summed E-state index contributed by atoms with van der Waals surface area (Å²) in [5.41, 5.74) is 1.28. The molecule has 0 bridgehead atoms. The zero-order valence-electron chi connectivity index (χ0n) is 9.38. The number of hydrogen-bond donors (Lipinski definition) is 2. The van der Waals surface area contributed by atoms with Crippen LogP contribution in [0, 0.1) is 5.92 Å². The molecule has 0 amide bonds. The van der Waals surface area contributed by atoms with Crippen LogP contribution >= 0.6 is 15.9 Å². The van der Waals surface area contributed by atoms with E-state index in [4.69, 9.17) is 0 Å². The minimum absolute atomic E-state index is 0.791. The standard InChI is InChI=1S/C12H18BrN3/c13-12-6-10(3-5-16-12)7-15-9-11-2-1-4-14-8-11/h3,5-6,11,14-15H,1-2,4,7-9H2. The Morgan fingerprint density at radius 2 is 2.50 bits per heavy atom. The van der Waals surface area contributed by atoms with Gasteiger partial charge in [0.25, 0.3) is 0 Å². The molecule has 0 radical (unpaired) electrons. The van der Waals surface area contributed by atoms with E-state index in [1.54, 1.807) is 0 Å². The zero-order valence-corrected chi connectivity index (χ0v) is 11.0. The first-order chi connectivity index (χ1) is 7.84. The SMILES string of the molecule is Brc1cc(CNCC2CCCNC2)ccn1. The predicted octanol–water partition coefficient (Wildman–Crippen LogP) is 1.93. The molecule has 2 heterocycles. The van der Waals surface area contributed by atoms with E-state index in [2.05, 4.69) is 43.7 Å². The third-order valence-electron chi connectivity index (χ3n) is 2.95. The van der Waals surface area contributed by atoms with Crippen molar-refractivity contribution in [3.63, 3.8) is 0 Å². The lowest BCUT2D eigenvalue weighted by molar-refractivity contribution is 0.360. The van der Waals surface area contributed by atoms with Gasteiger partial charge in [-0.1, -0.05) is 0 Å². The summed E-state index contributed by atoms with van der Waals surface area (Å²) >= 11 is 3.38. The molecular formula is C12H18BrN3. The van der Waals surface area contributed by atoms with Crippen LogP contribution in [-0.4, -0.2) is 24.6 Å². The number of halogens is 1. The van der Waals surface area contributed by atoms with Crippen LogP contribution in [0.25, 0.3) is 0 Å². The topological polar surface area (TPSA) is 37.0 Å². The second-order valence-electron chi connectivity index (χ2n) is 4.33. The van der Waals surface area contributed by atoms with Gasteiger partial charge in [-0.3, -0.25) is 0 Å². The summed E-state index contributed by atoms with van der Waals surface area (Å²) in [4.78, 5) is 4.12. The maximum absolute atomic E-state index is 4.12. The lowest BCUT2D eigenvalue weighted by atomic mass is 10.00. The van der Waals surface area contributed by atoms with Gasteiger partial charge in [-0.25, -0.2) is 4.98 Å². The molecule has 4 heteroatoms. The predicted molar refractivity (Wildman–Crippen MR) is 69.2 cm³/mol. The van der Waals surface area contributed by atoms with E-state index in [-0.39, 0.29) is 0 Å². The van der Waals surface area contributed by atoms with Crippen molar-refractivity contribution in [1.29, 1.82) is 0 Å². The fourth-order valence-corrected chi connectivity index (χ4v) is 2.48. The van der Waals surface area contributed by atoms with E-state index in [1.807, 2.05) is 6.20 Å². The van der Waals surface area contributed by atoms with Crippen LogP contribution in [0.15, 0.2) is 22.9 Å². The largest absolute Gasteiger partial charge is 0.316 e. The second-order valence-corrected chi connectivity index (χ2v) is 5.14. The minimum Gasteiger partial charge on any atom is -0.316 e. The first-order valence-electron chi connectivity index (χ1n) is 5.86. The molecule has 1 unspecified atom stereocenters. The number of nitrogens with one attached hydrogen (secondary N) is 2. The zero-order chi connectivity index (χ0) is 11.2. The van der Waals surface area contributed by atoms with E-state index in [0.717, 1.165) is 30.2 Å². The van der Waals surface area contributed by atoms with Crippen LogP contribution in [0.1, 0.15) is 18.4 Å². The Morgan fingerprint density at radius 3 is 3.25 bits per heavy atom. The van der Waals surface area contributed by atoms with Crippen molar-refractivity contribution < 1.29 is 0 Å². The smallest absolute Gasteiger partial charge is 0.106 e. The fourth-order valence-electron chi connectivity index (χ4n) is 2.07. The molecule has 0 aliphatic carbocycles. The molecule has 0 spiro atoms. The van der Waals surface area contributed by atoms with Crippen molar-refractivity contribution >= 4 is 15.9 Å². The highest BCUT2D eigenvalue weighted by Crippen LogP contribution is 2.10. The van der Waals surface area contributed by atoms with Crippen LogP contribution in [0.5, 0.6) is 0 Å². The normalized spacial score (nSPS) is 20.9. The summed E-state index contributed by atoms with van der Waals surface area (Å²) < 4.78 is 0.908. The third kappa shape index (κ3) is 3.85. The van der Waals surface area contributed by atoms with Crippen molar-refractivity contribution in [3.05, 3.63) is 28.5 Å². The molecule has 1 aromatic heterocycles. The molecule has 1 atom stereocenters. The molecule has 2 N–H and O–H groups in total. The number of piperidine rings is 1. The average molecular weight is 284 g/mol. The molecule has 16 heavy (non-hydrogen) atoms. The first-order valence-corrected chi connectivity index (χ1v) is 6.66. The van der Waals surface area contributed by atoms with Crippen molar-refractivity contribution in [2.45, 2.75) is 19.4 Å². The Morgan fingerprint density at radius 1 is 1.56 bits per heavy atom. The average Bonchev–Trinajstić information content (AvgIpc) is 2.30. The van der Waals surface area contributed by atoms with Crippen molar-refractivity contribution in [3.8, 4) is 0 Å². The molecule has 3 nitrogen and oxygen atoms in total. The van der Waals surface area contributed by atoms with Crippen molar-refractivity contribution in [2.75, 3.05) is 19.6 Å². The summed E-state index contributed by atoms with van der Waals surface area (Å²) in [6.45, 7) is 4.38. The van der Waals surface area contributed by atoms with Crippen LogP contribution in [0.2, 0.25) is 0 Å². The van der Waals surface area contributed by atoms with Gasteiger partial charge < -0.3 is 10.6 Å². The highest BCUT2D eigenvalue weighted by atomic mass is 79.9. The molecule has 0 saturated carbocycles. The summed E-state index contributed by atoms with van der Waals surface area (Å²) in [6.07, 6.45) is 4.50. The van der Waals surface area contributed by atoms with E-state index in [9.17, 15) is 0 Å². The number of rotatable bonds is 4. The van der Waals surface area contributed by atoms with Crippen LogP contribution in [0.4, 0.5) is 0 Å². The summed E-state index contributed by atoms with van der Waals surface area (Å²) in [7, 11) is 0. The number of nitrogens with zero attached hydrogens (tertiary/aromatic N) is 1. The van der Waals surface area contributed by atoms with E-state index in [1.165, 1.54) is 24.9 Å². The Hall–Kier alpha value is -0.450. The number of aromatic nitrogens is 1. The Balaban J connectivity index is 1.71. The molecule has 1 fully saturated rings. The van der Waals surface area contributed by atoms with Gasteiger partial charge in [0.05, 0.1) is 0 Å².